The topological polar surface area (TPSA) is 23.9 Å². The van der Waals surface area contributed by atoms with Gasteiger partial charge in [-0.1, -0.05) is 72.8 Å². The quantitative estimate of drug-likeness (QED) is 0.601. The highest BCUT2D eigenvalue weighted by Gasteiger charge is 2.01. The molecule has 94 valence electrons. The Labute approximate surface area is 114 Å². The van der Waals surface area contributed by atoms with Gasteiger partial charge in [0.2, 0.25) is 0 Å². The van der Waals surface area contributed by atoms with Gasteiger partial charge in [0, 0.05) is 0 Å². The molecule has 0 saturated carbocycles. The Hall–Kier alpha value is -2.41. The van der Waals surface area contributed by atoms with E-state index in [-0.39, 0.29) is 0 Å². The van der Waals surface area contributed by atoms with Crippen LogP contribution in [0.4, 0.5) is 0 Å². The second-order valence-corrected chi connectivity index (χ2v) is 4.45. The first kappa shape index (κ1) is 13.0. The Bertz CT molecular complexity index is 621. The van der Waals surface area contributed by atoms with Crippen molar-refractivity contribution >= 4 is 11.3 Å². The van der Waals surface area contributed by atoms with E-state index in [2.05, 4.69) is 25.6 Å². The smallest absolute Gasteiger partial charge is 0.0618 e. The number of hydrogen-bond acceptors (Lipinski definition) is 1. The summed E-state index contributed by atoms with van der Waals surface area (Å²) >= 11 is 0. The van der Waals surface area contributed by atoms with Gasteiger partial charge in [0.25, 0.3) is 0 Å². The lowest BCUT2D eigenvalue weighted by molar-refractivity contribution is 1.45. The third kappa shape index (κ3) is 3.29. The van der Waals surface area contributed by atoms with E-state index in [0.29, 0.717) is 5.71 Å². The molecule has 0 aliphatic heterocycles. The molecular weight excluding hydrogens is 230 g/mol. The minimum absolute atomic E-state index is 0.497. The Kier molecular flexibility index (Phi) is 4.09. The second kappa shape index (κ2) is 5.96. The molecule has 0 heterocycles. The molecule has 19 heavy (non-hydrogen) atoms. The lowest BCUT2D eigenvalue weighted by Crippen LogP contribution is -1.95. The summed E-state index contributed by atoms with van der Waals surface area (Å²) in [6, 6.07) is 17.9. The molecule has 0 bridgehead atoms. The molecule has 2 rings (SSSR count). The van der Waals surface area contributed by atoms with Crippen molar-refractivity contribution in [1.29, 1.82) is 5.41 Å². The van der Waals surface area contributed by atoms with Gasteiger partial charge in [-0.15, -0.1) is 0 Å². The summed E-state index contributed by atoms with van der Waals surface area (Å²) < 4.78 is 0. The maximum atomic E-state index is 8.14. The lowest BCUT2D eigenvalue weighted by Gasteiger charge is -2.05. The van der Waals surface area contributed by atoms with Crippen LogP contribution in [0.3, 0.4) is 0 Å². The van der Waals surface area contributed by atoms with E-state index in [1.807, 2.05) is 48.5 Å². The van der Waals surface area contributed by atoms with Gasteiger partial charge in [-0.3, -0.25) is 0 Å². The van der Waals surface area contributed by atoms with E-state index in [4.69, 9.17) is 5.41 Å². The van der Waals surface area contributed by atoms with Crippen molar-refractivity contribution in [3.05, 3.63) is 90.0 Å². The summed E-state index contributed by atoms with van der Waals surface area (Å²) in [5.74, 6) is 0. The number of rotatable bonds is 4. The highest BCUT2D eigenvalue weighted by atomic mass is 14.4. The van der Waals surface area contributed by atoms with Gasteiger partial charge in [-0.2, -0.15) is 0 Å². The first-order valence-electron chi connectivity index (χ1n) is 6.26. The molecule has 0 saturated heterocycles. The predicted molar refractivity (Wildman–Crippen MR) is 82.6 cm³/mol. The zero-order valence-electron chi connectivity index (χ0n) is 11.1. The van der Waals surface area contributed by atoms with Gasteiger partial charge >= 0.3 is 0 Å². The van der Waals surface area contributed by atoms with Crippen LogP contribution in [-0.4, -0.2) is 5.71 Å². The second-order valence-electron chi connectivity index (χ2n) is 4.45. The zero-order chi connectivity index (χ0) is 13.7. The van der Waals surface area contributed by atoms with E-state index in [9.17, 15) is 0 Å². The largest absolute Gasteiger partial charge is 0.300 e. The molecule has 1 N–H and O–H groups in total. The number of nitrogens with one attached hydrogen (secondary N) is 1. The van der Waals surface area contributed by atoms with Crippen LogP contribution in [0.5, 0.6) is 0 Å². The van der Waals surface area contributed by atoms with Crippen LogP contribution in [0.15, 0.2) is 73.3 Å². The SMILES string of the molecule is C=C/C(=C\C(=N)c1ccccc1)c1cccc(C)c1. The Morgan fingerprint density at radius 3 is 2.32 bits per heavy atom. The number of aryl methyl sites for hydroxylation is 1. The average molecular weight is 247 g/mol. The molecular formula is C18H17N. The normalized spacial score (nSPS) is 11.1. The summed E-state index contributed by atoms with van der Waals surface area (Å²) in [7, 11) is 0. The van der Waals surface area contributed by atoms with Gasteiger partial charge < -0.3 is 5.41 Å². The van der Waals surface area contributed by atoms with Crippen molar-refractivity contribution in [3.63, 3.8) is 0 Å². The van der Waals surface area contributed by atoms with E-state index >= 15 is 0 Å². The van der Waals surface area contributed by atoms with Crippen molar-refractivity contribution in [2.45, 2.75) is 6.92 Å². The summed E-state index contributed by atoms with van der Waals surface area (Å²) in [6.45, 7) is 5.91. The predicted octanol–water partition coefficient (Wildman–Crippen LogP) is 4.63. The van der Waals surface area contributed by atoms with Crippen LogP contribution in [0, 0.1) is 12.3 Å². The van der Waals surface area contributed by atoms with Crippen LogP contribution < -0.4 is 0 Å². The van der Waals surface area contributed by atoms with Crippen LogP contribution >= 0.6 is 0 Å². The van der Waals surface area contributed by atoms with Gasteiger partial charge in [0.05, 0.1) is 5.71 Å². The molecule has 0 fully saturated rings. The number of hydrogen-bond donors (Lipinski definition) is 1. The maximum Gasteiger partial charge on any atom is 0.0618 e. The fourth-order valence-electron chi connectivity index (χ4n) is 1.94. The fraction of sp³-hybridized carbons (Fsp3) is 0.0556. The van der Waals surface area contributed by atoms with E-state index < -0.39 is 0 Å². The first-order valence-corrected chi connectivity index (χ1v) is 6.26. The lowest BCUT2D eigenvalue weighted by atomic mass is 10.00. The van der Waals surface area contributed by atoms with Crippen LogP contribution in [0.1, 0.15) is 16.7 Å². The van der Waals surface area contributed by atoms with Gasteiger partial charge in [-0.25, -0.2) is 0 Å². The molecule has 1 nitrogen and oxygen atoms in total. The summed E-state index contributed by atoms with van der Waals surface area (Å²) in [6.07, 6.45) is 3.66. The minimum Gasteiger partial charge on any atom is -0.300 e. The molecule has 1 heteroatoms. The van der Waals surface area contributed by atoms with E-state index in [0.717, 1.165) is 16.7 Å². The molecule has 2 aromatic rings. The minimum atomic E-state index is 0.497. The Morgan fingerprint density at radius 1 is 1.00 bits per heavy atom. The molecule has 0 amide bonds. The highest BCUT2D eigenvalue weighted by Crippen LogP contribution is 2.18. The van der Waals surface area contributed by atoms with Crippen molar-refractivity contribution in [1.82, 2.24) is 0 Å². The highest BCUT2D eigenvalue weighted by molar-refractivity contribution is 6.11. The van der Waals surface area contributed by atoms with Crippen LogP contribution in [0.25, 0.3) is 5.57 Å². The third-order valence-corrected chi connectivity index (χ3v) is 2.96. The summed E-state index contributed by atoms with van der Waals surface area (Å²) in [5.41, 5.74) is 4.68. The molecule has 0 aromatic heterocycles. The number of allylic oxidation sites excluding steroid dienone is 3. The average Bonchev–Trinajstić information content (AvgIpc) is 2.45. The van der Waals surface area contributed by atoms with Crippen molar-refractivity contribution in [2.75, 3.05) is 0 Å². The van der Waals surface area contributed by atoms with Crippen molar-refractivity contribution in [2.24, 2.45) is 0 Å². The first-order chi connectivity index (χ1) is 9.20. The van der Waals surface area contributed by atoms with Crippen molar-refractivity contribution in [3.8, 4) is 0 Å². The van der Waals surface area contributed by atoms with Gasteiger partial charge in [0.15, 0.2) is 0 Å². The van der Waals surface area contributed by atoms with E-state index in [1.165, 1.54) is 5.56 Å². The van der Waals surface area contributed by atoms with Gasteiger partial charge in [-0.05, 0) is 29.7 Å². The van der Waals surface area contributed by atoms with E-state index in [1.54, 1.807) is 6.08 Å². The zero-order valence-corrected chi connectivity index (χ0v) is 11.1. The van der Waals surface area contributed by atoms with Crippen LogP contribution in [0.2, 0.25) is 0 Å². The molecule has 0 aliphatic carbocycles. The van der Waals surface area contributed by atoms with Gasteiger partial charge in [0.1, 0.15) is 0 Å². The van der Waals surface area contributed by atoms with Crippen molar-refractivity contribution < 1.29 is 0 Å². The Morgan fingerprint density at radius 2 is 1.68 bits per heavy atom. The molecule has 2 aromatic carbocycles. The molecule has 0 aliphatic rings. The molecule has 0 atom stereocenters. The standard InChI is InChI=1S/C18H17N/c1-3-15(17-11-7-8-14(2)12-17)13-18(19)16-9-5-4-6-10-16/h3-13,19H,1H2,2H3/b15-13+,19-18?. The third-order valence-electron chi connectivity index (χ3n) is 2.96. The van der Waals surface area contributed by atoms with Crippen LogP contribution in [-0.2, 0) is 0 Å². The summed E-state index contributed by atoms with van der Waals surface area (Å²) in [5, 5.41) is 8.14. The Balaban J connectivity index is 2.35. The maximum absolute atomic E-state index is 8.14. The summed E-state index contributed by atoms with van der Waals surface area (Å²) in [4.78, 5) is 0. The monoisotopic (exact) mass is 247 g/mol. The number of benzene rings is 2. The molecule has 0 radical (unpaired) electrons. The molecule has 0 unspecified atom stereocenters. The molecule has 0 spiro atoms. The fourth-order valence-corrected chi connectivity index (χ4v) is 1.94.